The molecule has 2 aromatic heterocycles. The molecule has 43 heavy (non-hydrogen) atoms. The van der Waals surface area contributed by atoms with Gasteiger partial charge in [0.25, 0.3) is 0 Å². The molecule has 0 atom stereocenters. The molecule has 2 saturated carbocycles. The van der Waals surface area contributed by atoms with Crippen LogP contribution in [-0.2, 0) is 11.3 Å². The number of carbonyl (C=O) groups excluding carboxylic acids is 1. The number of imidazole rings is 1. The second-order valence-electron chi connectivity index (χ2n) is 13.7. The van der Waals surface area contributed by atoms with Crippen molar-refractivity contribution in [2.24, 2.45) is 0 Å². The maximum absolute atomic E-state index is 12.3. The van der Waals surface area contributed by atoms with Crippen LogP contribution in [0.15, 0.2) is 36.7 Å². The standard InChI is InChI=1S/C33H48N8O2/c1-33(2,3)43-32(42)37-25-15-13-24(14-16-25)36-31-38-29(28-30(39-31)41(22-34-28)27-11-7-8-12-27)35-26-17-19-40(20-18-26)21-23-9-5-4-6-10-23/h4-6,9-10,22,24-27H,7-8,11-21H2,1-3H3,(H,37,42)(H2,35,36,38,39)/t24-,25-. The summed E-state index contributed by atoms with van der Waals surface area (Å²) in [6.45, 7) is 8.79. The average molecular weight is 589 g/mol. The van der Waals surface area contributed by atoms with Gasteiger partial charge in [-0.2, -0.15) is 9.97 Å². The summed E-state index contributed by atoms with van der Waals surface area (Å²) in [5, 5.41) is 10.5. The quantitative estimate of drug-likeness (QED) is 0.283. The Kier molecular flexibility index (Phi) is 9.02. The fraction of sp³-hybridized carbons (Fsp3) is 0.636. The molecule has 1 aliphatic heterocycles. The molecule has 3 heterocycles. The number of fused-ring (bicyclic) bond motifs is 1. The van der Waals surface area contributed by atoms with Crippen molar-refractivity contribution < 1.29 is 9.53 Å². The molecule has 0 bridgehead atoms. The Hall–Kier alpha value is -3.40. The van der Waals surface area contributed by atoms with E-state index in [-0.39, 0.29) is 18.2 Å². The molecule has 3 aliphatic rings. The zero-order valence-electron chi connectivity index (χ0n) is 26.0. The van der Waals surface area contributed by atoms with E-state index in [1.165, 1.54) is 31.2 Å². The second kappa shape index (κ2) is 13.1. The van der Waals surface area contributed by atoms with Crippen LogP contribution in [0, 0.1) is 0 Å². The van der Waals surface area contributed by atoms with Gasteiger partial charge in [-0.3, -0.25) is 4.90 Å². The highest BCUT2D eigenvalue weighted by Crippen LogP contribution is 2.34. The lowest BCUT2D eigenvalue weighted by Crippen LogP contribution is -2.42. The Labute approximate surface area is 255 Å². The zero-order chi connectivity index (χ0) is 29.8. The van der Waals surface area contributed by atoms with Crippen molar-refractivity contribution in [2.75, 3.05) is 23.7 Å². The molecule has 3 fully saturated rings. The van der Waals surface area contributed by atoms with Gasteiger partial charge >= 0.3 is 6.09 Å². The lowest BCUT2D eigenvalue weighted by molar-refractivity contribution is 0.0492. The molecule has 3 N–H and O–H groups in total. The van der Waals surface area contributed by atoms with Crippen molar-refractivity contribution in [3.63, 3.8) is 0 Å². The number of anilines is 2. The highest BCUT2D eigenvalue weighted by atomic mass is 16.6. The summed E-state index contributed by atoms with van der Waals surface area (Å²) in [7, 11) is 0. The van der Waals surface area contributed by atoms with Crippen LogP contribution in [-0.4, -0.2) is 67.3 Å². The second-order valence-corrected chi connectivity index (χ2v) is 13.7. The van der Waals surface area contributed by atoms with Crippen molar-refractivity contribution in [3.8, 4) is 0 Å². The molecule has 10 nitrogen and oxygen atoms in total. The molecule has 10 heteroatoms. The summed E-state index contributed by atoms with van der Waals surface area (Å²) < 4.78 is 7.74. The smallest absolute Gasteiger partial charge is 0.407 e. The van der Waals surface area contributed by atoms with E-state index in [2.05, 4.69) is 55.7 Å². The molecule has 1 aromatic carbocycles. The van der Waals surface area contributed by atoms with E-state index >= 15 is 0 Å². The van der Waals surface area contributed by atoms with Gasteiger partial charge in [-0.25, -0.2) is 9.78 Å². The Morgan fingerprint density at radius 1 is 0.884 bits per heavy atom. The number of ether oxygens (including phenoxy) is 1. The van der Waals surface area contributed by atoms with Gasteiger partial charge in [0.15, 0.2) is 17.0 Å². The fourth-order valence-electron chi connectivity index (χ4n) is 6.84. The number of alkyl carbamates (subject to hydrolysis) is 1. The van der Waals surface area contributed by atoms with Gasteiger partial charge in [0.2, 0.25) is 5.95 Å². The van der Waals surface area contributed by atoms with E-state index < -0.39 is 5.60 Å². The van der Waals surface area contributed by atoms with Gasteiger partial charge in [-0.05, 0) is 77.7 Å². The predicted octanol–water partition coefficient (Wildman–Crippen LogP) is 6.27. The molecule has 3 aromatic rings. The first-order valence-corrected chi connectivity index (χ1v) is 16.3. The molecule has 1 amide bonds. The van der Waals surface area contributed by atoms with Gasteiger partial charge in [0.1, 0.15) is 5.60 Å². The van der Waals surface area contributed by atoms with Crippen LogP contribution < -0.4 is 16.0 Å². The number of aromatic nitrogens is 4. The average Bonchev–Trinajstić information content (AvgIpc) is 3.65. The van der Waals surface area contributed by atoms with Crippen LogP contribution in [0.3, 0.4) is 0 Å². The topological polar surface area (TPSA) is 109 Å². The van der Waals surface area contributed by atoms with Crippen molar-refractivity contribution in [2.45, 2.75) is 121 Å². The van der Waals surface area contributed by atoms with Crippen LogP contribution in [0.5, 0.6) is 0 Å². The number of amides is 1. The third-order valence-electron chi connectivity index (χ3n) is 9.10. The van der Waals surface area contributed by atoms with Gasteiger partial charge in [0.05, 0.1) is 6.33 Å². The molecule has 1 saturated heterocycles. The molecule has 0 unspecified atom stereocenters. The number of carbonyl (C=O) groups is 1. The Morgan fingerprint density at radius 2 is 1.56 bits per heavy atom. The van der Waals surface area contributed by atoms with Gasteiger partial charge in [0, 0.05) is 43.8 Å². The lowest BCUT2D eigenvalue weighted by Gasteiger charge is -2.33. The zero-order valence-corrected chi connectivity index (χ0v) is 26.0. The van der Waals surface area contributed by atoms with Gasteiger partial charge in [-0.1, -0.05) is 43.2 Å². The minimum Gasteiger partial charge on any atom is -0.444 e. The molecular formula is C33H48N8O2. The largest absolute Gasteiger partial charge is 0.444 e. The normalized spacial score (nSPS) is 22.5. The first-order valence-electron chi connectivity index (χ1n) is 16.3. The number of hydrogen-bond acceptors (Lipinski definition) is 8. The maximum Gasteiger partial charge on any atom is 0.407 e. The Balaban J connectivity index is 1.12. The molecule has 2 aliphatic carbocycles. The maximum atomic E-state index is 12.3. The van der Waals surface area contributed by atoms with Gasteiger partial charge < -0.3 is 25.3 Å². The molecule has 0 spiro atoms. The first-order chi connectivity index (χ1) is 20.8. The van der Waals surface area contributed by atoms with Crippen molar-refractivity contribution >= 4 is 29.0 Å². The number of nitrogens with one attached hydrogen (secondary N) is 3. The number of piperidine rings is 1. The minimum absolute atomic E-state index is 0.130. The van der Waals surface area contributed by atoms with Crippen LogP contribution in [0.2, 0.25) is 0 Å². The number of nitrogens with zero attached hydrogens (tertiary/aromatic N) is 5. The number of likely N-dealkylation sites (tertiary alicyclic amines) is 1. The fourth-order valence-corrected chi connectivity index (χ4v) is 6.84. The molecule has 0 radical (unpaired) electrons. The van der Waals surface area contributed by atoms with E-state index in [1.807, 2.05) is 27.1 Å². The summed E-state index contributed by atoms with van der Waals surface area (Å²) in [6.07, 6.45) is 12.3. The predicted molar refractivity (Wildman–Crippen MR) is 170 cm³/mol. The third kappa shape index (κ3) is 7.77. The SMILES string of the molecule is CC(C)(C)OC(=O)N[C@H]1CC[C@H](Nc2nc(NC3CCN(Cc4ccccc4)CC3)c3ncn(C4CCCC4)c3n2)CC1. The third-order valence-corrected chi connectivity index (χ3v) is 9.10. The monoisotopic (exact) mass is 588 g/mol. The van der Waals surface area contributed by atoms with Gasteiger partial charge in [-0.15, -0.1) is 0 Å². The summed E-state index contributed by atoms with van der Waals surface area (Å²) in [5.41, 5.74) is 2.67. The van der Waals surface area contributed by atoms with Crippen molar-refractivity contribution in [1.29, 1.82) is 0 Å². The van der Waals surface area contributed by atoms with Crippen LogP contribution in [0.4, 0.5) is 16.6 Å². The van der Waals surface area contributed by atoms with Crippen LogP contribution in [0.1, 0.15) is 96.6 Å². The minimum atomic E-state index is -0.491. The number of benzene rings is 1. The summed E-state index contributed by atoms with van der Waals surface area (Å²) in [6, 6.07) is 11.9. The van der Waals surface area contributed by atoms with E-state index in [4.69, 9.17) is 19.7 Å². The van der Waals surface area contributed by atoms with E-state index in [9.17, 15) is 4.79 Å². The van der Waals surface area contributed by atoms with E-state index in [0.29, 0.717) is 18.0 Å². The summed E-state index contributed by atoms with van der Waals surface area (Å²) in [4.78, 5) is 29.7. The summed E-state index contributed by atoms with van der Waals surface area (Å²) >= 11 is 0. The van der Waals surface area contributed by atoms with E-state index in [1.54, 1.807) is 0 Å². The van der Waals surface area contributed by atoms with Crippen LogP contribution in [0.25, 0.3) is 11.2 Å². The Morgan fingerprint density at radius 3 is 2.26 bits per heavy atom. The molecular weight excluding hydrogens is 540 g/mol. The Bertz CT molecular complexity index is 1350. The first kappa shape index (κ1) is 29.7. The highest BCUT2D eigenvalue weighted by molar-refractivity contribution is 5.84. The van der Waals surface area contributed by atoms with E-state index in [0.717, 1.165) is 75.1 Å². The summed E-state index contributed by atoms with van der Waals surface area (Å²) in [5.74, 6) is 1.51. The molecule has 6 rings (SSSR count). The molecule has 232 valence electrons. The highest BCUT2D eigenvalue weighted by Gasteiger charge is 2.28. The van der Waals surface area contributed by atoms with Crippen molar-refractivity contribution in [1.82, 2.24) is 29.7 Å². The van der Waals surface area contributed by atoms with Crippen LogP contribution >= 0.6 is 0 Å². The number of hydrogen-bond donors (Lipinski definition) is 3. The van der Waals surface area contributed by atoms with Crippen molar-refractivity contribution in [3.05, 3.63) is 42.2 Å². The lowest BCUT2D eigenvalue weighted by atomic mass is 9.91. The number of rotatable bonds is 8.